The van der Waals surface area contributed by atoms with E-state index in [1.54, 1.807) is 18.4 Å². The van der Waals surface area contributed by atoms with E-state index in [1.165, 1.54) is 36.0 Å². The van der Waals surface area contributed by atoms with E-state index in [1.807, 2.05) is 35.8 Å². The molecule has 0 bridgehead atoms. The minimum Gasteiger partial charge on any atom is -0.461 e. The number of thioether (sulfide) groups is 1. The van der Waals surface area contributed by atoms with Crippen LogP contribution in [0.1, 0.15) is 5.56 Å². The van der Waals surface area contributed by atoms with E-state index >= 15 is 0 Å². The van der Waals surface area contributed by atoms with Crippen molar-refractivity contribution < 1.29 is 17.6 Å². The highest BCUT2D eigenvalue weighted by atomic mass is 32.2. The van der Waals surface area contributed by atoms with Crippen molar-refractivity contribution in [1.29, 1.82) is 0 Å². The molecule has 2 aromatic carbocycles. The Hall–Kier alpha value is -3.41. The van der Waals surface area contributed by atoms with Crippen LogP contribution in [0.4, 0.5) is 5.69 Å². The zero-order valence-corrected chi connectivity index (χ0v) is 18.6. The highest BCUT2D eigenvalue weighted by Crippen LogP contribution is 2.28. The highest BCUT2D eigenvalue weighted by molar-refractivity contribution is 7.99. The van der Waals surface area contributed by atoms with Gasteiger partial charge >= 0.3 is 0 Å². The molecule has 4 rings (SSSR count). The van der Waals surface area contributed by atoms with Gasteiger partial charge < -0.3 is 9.73 Å². The summed E-state index contributed by atoms with van der Waals surface area (Å²) in [4.78, 5) is 12.4. The van der Waals surface area contributed by atoms with Crippen molar-refractivity contribution in [2.75, 3.05) is 11.1 Å². The summed E-state index contributed by atoms with van der Waals surface area (Å²) in [5, 5.41) is 16.8. The van der Waals surface area contributed by atoms with Gasteiger partial charge in [0.1, 0.15) is 0 Å². The summed E-state index contributed by atoms with van der Waals surface area (Å²) in [6.07, 6.45) is 1.56. The third-order valence-corrected chi connectivity index (χ3v) is 6.32. The summed E-state index contributed by atoms with van der Waals surface area (Å²) < 4.78 is 30.0. The highest BCUT2D eigenvalue weighted by Gasteiger charge is 2.19. The smallest absolute Gasteiger partial charge is 0.238 e. The number of benzene rings is 2. The normalized spacial score (nSPS) is 11.4. The lowest BCUT2D eigenvalue weighted by molar-refractivity contribution is -0.113. The number of carbonyl (C=O) groups excluding carboxylic acids is 1. The SMILES string of the molecule is Cc1ccc(-n2c(SCC(=O)Nc3ccc(S(N)(=O)=O)cc3)nnc2-c2ccco2)cc1. The molecule has 2 aromatic heterocycles. The van der Waals surface area contributed by atoms with E-state index in [9.17, 15) is 13.2 Å². The van der Waals surface area contributed by atoms with Crippen molar-refractivity contribution in [3.8, 4) is 17.3 Å². The molecule has 0 spiro atoms. The molecule has 0 unspecified atom stereocenters. The van der Waals surface area contributed by atoms with Crippen molar-refractivity contribution in [1.82, 2.24) is 14.8 Å². The second kappa shape index (κ2) is 8.99. The first-order chi connectivity index (χ1) is 15.3. The lowest BCUT2D eigenvalue weighted by Gasteiger charge is -2.10. The maximum atomic E-state index is 12.4. The fraction of sp³-hybridized carbons (Fsp3) is 0.0952. The standard InChI is InChI=1S/C21H19N5O4S2/c1-14-4-8-16(9-5-14)26-20(18-3-2-12-30-18)24-25-21(26)31-13-19(27)23-15-6-10-17(11-7-15)32(22,28)29/h2-12H,13H2,1H3,(H,23,27)(H2,22,28,29). The molecule has 32 heavy (non-hydrogen) atoms. The molecular weight excluding hydrogens is 450 g/mol. The van der Waals surface area contributed by atoms with Gasteiger partial charge in [-0.2, -0.15) is 0 Å². The Kier molecular flexibility index (Phi) is 6.12. The van der Waals surface area contributed by atoms with E-state index in [-0.39, 0.29) is 16.6 Å². The molecule has 2 heterocycles. The number of anilines is 1. The van der Waals surface area contributed by atoms with Crippen molar-refractivity contribution >= 4 is 33.4 Å². The van der Waals surface area contributed by atoms with Crippen LogP contribution in [0.25, 0.3) is 17.3 Å². The number of sulfonamides is 1. The second-order valence-electron chi connectivity index (χ2n) is 6.86. The number of rotatable bonds is 7. The largest absolute Gasteiger partial charge is 0.461 e. The minimum atomic E-state index is -3.79. The number of nitrogens with two attached hydrogens (primary N) is 1. The number of primary sulfonamides is 1. The Bertz CT molecular complexity index is 1330. The number of aromatic nitrogens is 3. The molecule has 0 saturated heterocycles. The Morgan fingerprint density at radius 2 is 1.81 bits per heavy atom. The molecule has 0 aliphatic rings. The molecule has 3 N–H and O–H groups in total. The Morgan fingerprint density at radius 1 is 1.09 bits per heavy atom. The molecule has 0 aliphatic heterocycles. The first-order valence-electron chi connectivity index (χ1n) is 9.43. The zero-order chi connectivity index (χ0) is 22.7. The molecule has 0 aliphatic carbocycles. The van der Waals surface area contributed by atoms with Gasteiger partial charge in [0.25, 0.3) is 0 Å². The number of furan rings is 1. The van der Waals surface area contributed by atoms with E-state index < -0.39 is 10.0 Å². The van der Waals surface area contributed by atoms with Gasteiger partial charge in [-0.05, 0) is 55.5 Å². The summed E-state index contributed by atoms with van der Waals surface area (Å²) in [5.74, 6) is 0.875. The molecule has 0 fully saturated rings. The summed E-state index contributed by atoms with van der Waals surface area (Å²) in [6, 6.07) is 17.0. The molecule has 0 atom stereocenters. The van der Waals surface area contributed by atoms with Crippen LogP contribution >= 0.6 is 11.8 Å². The topological polar surface area (TPSA) is 133 Å². The van der Waals surface area contributed by atoms with Gasteiger partial charge in [0.2, 0.25) is 21.8 Å². The monoisotopic (exact) mass is 469 g/mol. The van der Waals surface area contributed by atoms with Gasteiger partial charge in [-0.1, -0.05) is 29.5 Å². The number of carbonyl (C=O) groups is 1. The molecular formula is C21H19N5O4S2. The van der Waals surface area contributed by atoms with Crippen LogP contribution in [0.2, 0.25) is 0 Å². The van der Waals surface area contributed by atoms with Crippen molar-refractivity contribution in [2.24, 2.45) is 5.14 Å². The van der Waals surface area contributed by atoms with E-state index in [2.05, 4.69) is 15.5 Å². The average molecular weight is 470 g/mol. The van der Waals surface area contributed by atoms with E-state index in [4.69, 9.17) is 9.56 Å². The summed E-state index contributed by atoms with van der Waals surface area (Å²) in [6.45, 7) is 2.00. The lowest BCUT2D eigenvalue weighted by atomic mass is 10.2. The fourth-order valence-electron chi connectivity index (χ4n) is 2.91. The maximum Gasteiger partial charge on any atom is 0.238 e. The number of amides is 1. The molecule has 164 valence electrons. The van der Waals surface area contributed by atoms with Gasteiger partial charge in [0.15, 0.2) is 10.9 Å². The molecule has 4 aromatic rings. The van der Waals surface area contributed by atoms with Crippen LogP contribution in [0.5, 0.6) is 0 Å². The predicted octanol–water partition coefficient (Wildman–Crippen LogP) is 3.21. The molecule has 1 amide bonds. The zero-order valence-electron chi connectivity index (χ0n) is 16.9. The summed E-state index contributed by atoms with van der Waals surface area (Å²) >= 11 is 1.22. The number of hydrogen-bond donors (Lipinski definition) is 2. The van der Waals surface area contributed by atoms with Gasteiger partial charge in [-0.25, -0.2) is 13.6 Å². The first kappa shape index (κ1) is 21.8. The van der Waals surface area contributed by atoms with E-state index in [0.29, 0.717) is 22.4 Å². The Balaban J connectivity index is 1.52. The van der Waals surface area contributed by atoms with Crippen LogP contribution in [0, 0.1) is 6.92 Å². The number of nitrogens with one attached hydrogen (secondary N) is 1. The van der Waals surface area contributed by atoms with Crippen molar-refractivity contribution in [2.45, 2.75) is 17.0 Å². The van der Waals surface area contributed by atoms with Crippen LogP contribution < -0.4 is 10.5 Å². The molecule has 9 nitrogen and oxygen atoms in total. The minimum absolute atomic E-state index is 0.0264. The van der Waals surface area contributed by atoms with E-state index in [0.717, 1.165) is 11.3 Å². The summed E-state index contributed by atoms with van der Waals surface area (Å²) in [7, 11) is -3.79. The number of hydrogen-bond acceptors (Lipinski definition) is 7. The number of aryl methyl sites for hydroxylation is 1. The fourth-order valence-corrected chi connectivity index (χ4v) is 4.18. The second-order valence-corrected chi connectivity index (χ2v) is 9.36. The molecule has 0 radical (unpaired) electrons. The molecule has 11 heteroatoms. The van der Waals surface area contributed by atoms with Crippen LogP contribution in [-0.4, -0.2) is 34.8 Å². The van der Waals surface area contributed by atoms with Crippen molar-refractivity contribution in [3.05, 3.63) is 72.5 Å². The quantitative estimate of drug-likeness (QED) is 0.397. The third-order valence-electron chi connectivity index (χ3n) is 4.47. The van der Waals surface area contributed by atoms with Gasteiger partial charge in [0.05, 0.1) is 16.9 Å². The first-order valence-corrected chi connectivity index (χ1v) is 12.0. The third kappa shape index (κ3) is 4.90. The van der Waals surface area contributed by atoms with Crippen LogP contribution in [0.3, 0.4) is 0 Å². The Morgan fingerprint density at radius 3 is 2.44 bits per heavy atom. The van der Waals surface area contributed by atoms with Crippen LogP contribution in [-0.2, 0) is 14.8 Å². The molecule has 0 saturated carbocycles. The number of nitrogens with zero attached hydrogens (tertiary/aromatic N) is 3. The van der Waals surface area contributed by atoms with Gasteiger partial charge in [-0.15, -0.1) is 10.2 Å². The van der Waals surface area contributed by atoms with Gasteiger partial charge in [-0.3, -0.25) is 9.36 Å². The maximum absolute atomic E-state index is 12.4. The average Bonchev–Trinajstić information content (AvgIpc) is 3.42. The lowest BCUT2D eigenvalue weighted by Crippen LogP contribution is -2.15. The van der Waals surface area contributed by atoms with Gasteiger partial charge in [0, 0.05) is 11.4 Å². The summed E-state index contributed by atoms with van der Waals surface area (Å²) in [5.41, 5.74) is 2.41. The van der Waals surface area contributed by atoms with Crippen molar-refractivity contribution in [3.63, 3.8) is 0 Å². The van der Waals surface area contributed by atoms with Crippen LogP contribution in [0.15, 0.2) is 81.4 Å². The Labute approximate surface area is 188 Å². The predicted molar refractivity (Wildman–Crippen MR) is 121 cm³/mol.